The summed E-state index contributed by atoms with van der Waals surface area (Å²) < 4.78 is 0. The zero-order chi connectivity index (χ0) is 13.0. The minimum absolute atomic E-state index is 0.0986. The van der Waals surface area contributed by atoms with Crippen LogP contribution in [-0.2, 0) is 0 Å². The Kier molecular flexibility index (Phi) is 4.43. The quantitative estimate of drug-likeness (QED) is 0.795. The molecule has 0 aliphatic rings. The highest BCUT2D eigenvalue weighted by Crippen LogP contribution is 2.10. The van der Waals surface area contributed by atoms with Crippen molar-refractivity contribution in [2.75, 3.05) is 6.54 Å². The molecule has 0 fully saturated rings. The molecular formula is C12H20N4O. The van der Waals surface area contributed by atoms with Gasteiger partial charge < -0.3 is 4.90 Å². The van der Waals surface area contributed by atoms with Crippen molar-refractivity contribution in [3.05, 3.63) is 24.3 Å². The lowest BCUT2D eigenvalue weighted by Gasteiger charge is -2.23. The highest BCUT2D eigenvalue weighted by atomic mass is 16.2. The van der Waals surface area contributed by atoms with Gasteiger partial charge in [0, 0.05) is 18.5 Å². The minimum atomic E-state index is -0.164. The fourth-order valence-corrected chi connectivity index (χ4v) is 1.42. The molecule has 0 saturated carbocycles. The first kappa shape index (κ1) is 13.4. The molecule has 0 bridgehead atoms. The van der Waals surface area contributed by atoms with Crippen molar-refractivity contribution < 1.29 is 4.79 Å². The summed E-state index contributed by atoms with van der Waals surface area (Å²) in [6.07, 6.45) is 1.70. The Balaban J connectivity index is 2.89. The van der Waals surface area contributed by atoms with Crippen molar-refractivity contribution in [3.63, 3.8) is 0 Å². The topological polar surface area (TPSA) is 61.9 Å². The van der Waals surface area contributed by atoms with Crippen LogP contribution in [0.4, 0.5) is 0 Å². The van der Waals surface area contributed by atoms with Gasteiger partial charge in [-0.25, -0.2) is 4.98 Å². The normalized spacial score (nSPS) is 10.9. The van der Waals surface area contributed by atoms with Crippen LogP contribution >= 0.6 is 0 Å². The summed E-state index contributed by atoms with van der Waals surface area (Å²) in [6, 6.07) is 0.0986. The van der Waals surface area contributed by atoms with Gasteiger partial charge in [-0.05, 0) is 13.8 Å². The second kappa shape index (κ2) is 5.61. The van der Waals surface area contributed by atoms with Crippen LogP contribution in [-0.4, -0.2) is 38.6 Å². The number of carbonyl (C=O) groups excluding carboxylic acids is 1. The van der Waals surface area contributed by atoms with Gasteiger partial charge in [0.1, 0.15) is 5.82 Å². The fourth-order valence-electron chi connectivity index (χ4n) is 1.42. The van der Waals surface area contributed by atoms with Crippen LogP contribution in [0.5, 0.6) is 0 Å². The molecule has 1 aromatic rings. The maximum Gasteiger partial charge on any atom is 0.294 e. The zero-order valence-corrected chi connectivity index (χ0v) is 10.9. The van der Waals surface area contributed by atoms with Gasteiger partial charge in [-0.2, -0.15) is 0 Å². The zero-order valence-electron chi connectivity index (χ0n) is 10.9. The summed E-state index contributed by atoms with van der Waals surface area (Å²) in [5, 5.41) is 6.75. The Bertz CT molecular complexity index is 395. The molecule has 5 heteroatoms. The molecule has 17 heavy (non-hydrogen) atoms. The van der Waals surface area contributed by atoms with Gasteiger partial charge in [-0.15, -0.1) is 11.7 Å². The fraction of sp³-hybridized carbons (Fsp3) is 0.583. The average Bonchev–Trinajstić information content (AvgIpc) is 2.73. The molecule has 1 heterocycles. The highest BCUT2D eigenvalue weighted by Gasteiger charge is 2.22. The van der Waals surface area contributed by atoms with Crippen LogP contribution in [0.3, 0.4) is 0 Å². The summed E-state index contributed by atoms with van der Waals surface area (Å²) >= 11 is 0. The predicted octanol–water partition coefficient (Wildman–Crippen LogP) is 1.96. The number of nitrogens with one attached hydrogen (secondary N) is 1. The molecule has 0 atom stereocenters. The highest BCUT2D eigenvalue weighted by molar-refractivity contribution is 5.90. The monoisotopic (exact) mass is 236 g/mol. The Labute approximate surface area is 102 Å². The lowest BCUT2D eigenvalue weighted by atomic mass is 10.2. The van der Waals surface area contributed by atoms with Crippen LogP contribution < -0.4 is 0 Å². The van der Waals surface area contributed by atoms with Crippen LogP contribution in [0, 0.1) is 0 Å². The summed E-state index contributed by atoms with van der Waals surface area (Å²) in [5.41, 5.74) is 0. The molecule has 0 aromatic carbocycles. The molecule has 0 unspecified atom stereocenters. The number of aromatic nitrogens is 3. The first-order chi connectivity index (χ1) is 7.97. The van der Waals surface area contributed by atoms with Crippen LogP contribution in [0.15, 0.2) is 12.7 Å². The number of H-pyrrole nitrogens is 1. The second-order valence-electron chi connectivity index (χ2n) is 4.54. The Morgan fingerprint density at radius 2 is 2.12 bits per heavy atom. The van der Waals surface area contributed by atoms with E-state index in [1.807, 2.05) is 27.7 Å². The van der Waals surface area contributed by atoms with Crippen molar-refractivity contribution in [1.29, 1.82) is 0 Å². The first-order valence-corrected chi connectivity index (χ1v) is 5.81. The molecule has 0 spiro atoms. The van der Waals surface area contributed by atoms with Crippen molar-refractivity contribution >= 4 is 5.91 Å². The smallest absolute Gasteiger partial charge is 0.294 e. The van der Waals surface area contributed by atoms with E-state index in [0.717, 1.165) is 5.82 Å². The largest absolute Gasteiger partial charge is 0.330 e. The predicted molar refractivity (Wildman–Crippen MR) is 66.8 cm³/mol. The molecule has 1 amide bonds. The summed E-state index contributed by atoms with van der Waals surface area (Å²) in [5.74, 6) is 1.03. The van der Waals surface area contributed by atoms with Gasteiger partial charge in [-0.3, -0.25) is 9.89 Å². The number of hydrogen-bond donors (Lipinski definition) is 1. The number of amides is 1. The van der Waals surface area contributed by atoms with E-state index in [1.165, 1.54) is 0 Å². The van der Waals surface area contributed by atoms with Crippen LogP contribution in [0.1, 0.15) is 50.1 Å². The van der Waals surface area contributed by atoms with E-state index >= 15 is 0 Å². The van der Waals surface area contributed by atoms with E-state index in [4.69, 9.17) is 0 Å². The molecule has 0 radical (unpaired) electrons. The number of carbonyl (C=O) groups is 1. The van der Waals surface area contributed by atoms with Crippen molar-refractivity contribution in [2.45, 2.75) is 39.7 Å². The molecule has 5 nitrogen and oxygen atoms in total. The van der Waals surface area contributed by atoms with Gasteiger partial charge in [0.15, 0.2) is 0 Å². The first-order valence-electron chi connectivity index (χ1n) is 5.81. The molecule has 1 aromatic heterocycles. The Morgan fingerprint density at radius 3 is 2.53 bits per heavy atom. The van der Waals surface area contributed by atoms with E-state index in [-0.39, 0.29) is 23.7 Å². The molecular weight excluding hydrogens is 216 g/mol. The second-order valence-corrected chi connectivity index (χ2v) is 4.54. The number of nitrogens with zero attached hydrogens (tertiary/aromatic N) is 3. The van der Waals surface area contributed by atoms with Crippen molar-refractivity contribution in [1.82, 2.24) is 20.1 Å². The lowest BCUT2D eigenvalue weighted by Crippen LogP contribution is -2.37. The lowest BCUT2D eigenvalue weighted by molar-refractivity contribution is 0.0716. The van der Waals surface area contributed by atoms with Gasteiger partial charge in [0.25, 0.3) is 5.91 Å². The summed E-state index contributed by atoms with van der Waals surface area (Å²) in [6.45, 7) is 12.1. The van der Waals surface area contributed by atoms with Crippen LogP contribution in [0.25, 0.3) is 0 Å². The number of aromatic amines is 1. The van der Waals surface area contributed by atoms with Gasteiger partial charge in [0.05, 0.1) is 0 Å². The maximum atomic E-state index is 12.1. The minimum Gasteiger partial charge on any atom is -0.330 e. The maximum absolute atomic E-state index is 12.1. The Morgan fingerprint density at radius 1 is 1.47 bits per heavy atom. The summed E-state index contributed by atoms with van der Waals surface area (Å²) in [4.78, 5) is 18.0. The number of rotatable bonds is 5. The molecule has 1 rings (SSSR count). The summed E-state index contributed by atoms with van der Waals surface area (Å²) in [7, 11) is 0. The third-order valence-electron chi connectivity index (χ3n) is 2.45. The van der Waals surface area contributed by atoms with E-state index in [2.05, 4.69) is 21.8 Å². The SMILES string of the molecule is C=CCN(C(=O)c1n[nH]c(C(C)C)n1)C(C)C. The van der Waals surface area contributed by atoms with Crippen molar-refractivity contribution in [2.24, 2.45) is 0 Å². The third-order valence-corrected chi connectivity index (χ3v) is 2.45. The number of hydrogen-bond acceptors (Lipinski definition) is 3. The molecule has 0 saturated heterocycles. The third kappa shape index (κ3) is 3.15. The molecule has 0 aliphatic heterocycles. The molecule has 0 aliphatic carbocycles. The van der Waals surface area contributed by atoms with Gasteiger partial charge >= 0.3 is 0 Å². The Hall–Kier alpha value is -1.65. The van der Waals surface area contributed by atoms with Gasteiger partial charge in [0.2, 0.25) is 5.82 Å². The van der Waals surface area contributed by atoms with Crippen molar-refractivity contribution in [3.8, 4) is 0 Å². The van der Waals surface area contributed by atoms with Crippen LogP contribution in [0.2, 0.25) is 0 Å². The molecule has 1 N–H and O–H groups in total. The van der Waals surface area contributed by atoms with E-state index < -0.39 is 0 Å². The van der Waals surface area contributed by atoms with E-state index in [9.17, 15) is 4.79 Å². The average molecular weight is 236 g/mol. The van der Waals surface area contributed by atoms with E-state index in [1.54, 1.807) is 11.0 Å². The van der Waals surface area contributed by atoms with E-state index in [0.29, 0.717) is 6.54 Å². The standard InChI is InChI=1S/C12H20N4O/c1-6-7-16(9(4)5)12(17)11-13-10(8(2)3)14-15-11/h6,8-9H,1,7H2,2-5H3,(H,13,14,15). The molecule has 94 valence electrons. The van der Waals surface area contributed by atoms with Gasteiger partial charge in [-0.1, -0.05) is 19.9 Å².